The topological polar surface area (TPSA) is 114 Å². The molecule has 3 aromatic rings. The average Bonchev–Trinajstić information content (AvgIpc) is 3.18. The van der Waals surface area contributed by atoms with Gasteiger partial charge in [-0.15, -0.1) is 10.2 Å². The number of carbonyl (C=O) groups excluding carboxylic acids is 2. The van der Waals surface area contributed by atoms with E-state index in [1.807, 2.05) is 37.3 Å². The van der Waals surface area contributed by atoms with Crippen LogP contribution in [0.15, 0.2) is 47.1 Å². The number of carbonyl (C=O) groups is 2. The number of hydrogen-bond donors (Lipinski definition) is 1. The normalized spacial score (nSPS) is 18.8. The molecule has 2 atom stereocenters. The minimum atomic E-state index is -0.747. The average molecular weight is 392 g/mol. The first-order valence-electron chi connectivity index (χ1n) is 9.28. The fraction of sp³-hybridized carbons (Fsp3) is 0.300. The highest BCUT2D eigenvalue weighted by Gasteiger charge is 2.35. The summed E-state index contributed by atoms with van der Waals surface area (Å²) in [5, 5.41) is 10.5. The molecule has 0 aliphatic carbocycles. The van der Waals surface area contributed by atoms with Crippen molar-refractivity contribution in [2.75, 3.05) is 11.9 Å². The Hall–Kier alpha value is -3.62. The van der Waals surface area contributed by atoms with E-state index in [1.54, 1.807) is 19.4 Å². The molecular weight excluding hydrogens is 372 g/mol. The lowest BCUT2D eigenvalue weighted by atomic mass is 9.99. The van der Waals surface area contributed by atoms with Gasteiger partial charge in [0.25, 0.3) is 5.91 Å². The van der Waals surface area contributed by atoms with E-state index in [4.69, 9.17) is 4.42 Å². The Bertz CT molecular complexity index is 1040. The van der Waals surface area contributed by atoms with Crippen LogP contribution in [0.4, 0.5) is 5.82 Å². The highest BCUT2D eigenvalue weighted by Crippen LogP contribution is 2.30. The lowest BCUT2D eigenvalue weighted by molar-refractivity contribution is -0.120. The van der Waals surface area contributed by atoms with Crippen molar-refractivity contribution in [3.8, 4) is 0 Å². The van der Waals surface area contributed by atoms with Gasteiger partial charge in [-0.25, -0.2) is 4.98 Å². The maximum absolute atomic E-state index is 12.8. The maximum Gasteiger partial charge on any atom is 0.309 e. The van der Waals surface area contributed by atoms with Crippen LogP contribution in [0.5, 0.6) is 0 Å². The van der Waals surface area contributed by atoms with Crippen molar-refractivity contribution < 1.29 is 14.0 Å². The molecule has 0 bridgehead atoms. The van der Waals surface area contributed by atoms with Crippen LogP contribution in [-0.4, -0.2) is 45.1 Å². The molecule has 1 aliphatic rings. The summed E-state index contributed by atoms with van der Waals surface area (Å²) in [5.41, 5.74) is 1.72. The van der Waals surface area contributed by atoms with Gasteiger partial charge >= 0.3 is 11.8 Å². The Morgan fingerprint density at radius 1 is 1.21 bits per heavy atom. The summed E-state index contributed by atoms with van der Waals surface area (Å²) in [5.74, 6) is -0.244. The Morgan fingerprint density at radius 2 is 1.97 bits per heavy atom. The van der Waals surface area contributed by atoms with Gasteiger partial charge in [-0.3, -0.25) is 19.5 Å². The van der Waals surface area contributed by atoms with Crippen molar-refractivity contribution in [3.05, 3.63) is 65.8 Å². The lowest BCUT2D eigenvalue weighted by Crippen LogP contribution is -2.47. The van der Waals surface area contributed by atoms with Crippen LogP contribution in [0.2, 0.25) is 0 Å². The monoisotopic (exact) mass is 392 g/mol. The Kier molecular flexibility index (Phi) is 5.03. The van der Waals surface area contributed by atoms with E-state index < -0.39 is 11.9 Å². The number of hydrogen-bond acceptors (Lipinski definition) is 7. The second-order valence-electron chi connectivity index (χ2n) is 6.99. The van der Waals surface area contributed by atoms with Crippen molar-refractivity contribution in [1.82, 2.24) is 25.5 Å². The van der Waals surface area contributed by atoms with Gasteiger partial charge < -0.3 is 9.73 Å². The molecule has 3 heterocycles. The highest BCUT2D eigenvalue weighted by atomic mass is 16.4. The molecule has 1 aromatic carbocycles. The number of benzene rings is 1. The predicted molar refractivity (Wildman–Crippen MR) is 103 cm³/mol. The fourth-order valence-electron chi connectivity index (χ4n) is 3.38. The molecule has 0 saturated carbocycles. The first kappa shape index (κ1) is 18.7. The molecular formula is C20H20N6O3. The smallest absolute Gasteiger partial charge is 0.309 e. The number of nitrogens with zero attached hydrogens (tertiary/aromatic N) is 5. The van der Waals surface area contributed by atoms with E-state index in [0.717, 1.165) is 11.3 Å². The number of aromatic nitrogens is 4. The molecule has 0 radical (unpaired) electrons. The second-order valence-corrected chi connectivity index (χ2v) is 6.99. The van der Waals surface area contributed by atoms with E-state index >= 15 is 0 Å². The van der Waals surface area contributed by atoms with Crippen LogP contribution >= 0.6 is 0 Å². The molecule has 0 unspecified atom stereocenters. The summed E-state index contributed by atoms with van der Waals surface area (Å²) in [6.07, 6.45) is 3.96. The molecule has 4 rings (SSSR count). The third-order valence-corrected chi connectivity index (χ3v) is 4.87. The highest BCUT2D eigenvalue weighted by molar-refractivity contribution is 6.01. The number of nitrogens with one attached hydrogen (secondary N) is 1. The van der Waals surface area contributed by atoms with Crippen LogP contribution in [0.25, 0.3) is 0 Å². The van der Waals surface area contributed by atoms with E-state index in [0.29, 0.717) is 24.6 Å². The summed E-state index contributed by atoms with van der Waals surface area (Å²) in [4.78, 5) is 35.5. The van der Waals surface area contributed by atoms with Crippen molar-refractivity contribution in [2.24, 2.45) is 0 Å². The lowest BCUT2D eigenvalue weighted by Gasteiger charge is -2.20. The van der Waals surface area contributed by atoms with Gasteiger partial charge in [-0.2, -0.15) is 0 Å². The largest absolute Gasteiger partial charge is 0.417 e. The SMILES string of the molecule is C[C@H]1C[C@@H](NC(=O)c2nnc(Cc3ccccc3)o2)C(=O)N(C)c2nccnc21. The van der Waals surface area contributed by atoms with Gasteiger partial charge in [0.05, 0.1) is 12.1 Å². The van der Waals surface area contributed by atoms with Crippen molar-refractivity contribution in [2.45, 2.75) is 31.7 Å². The number of anilines is 1. The molecule has 9 nitrogen and oxygen atoms in total. The molecule has 1 N–H and O–H groups in total. The second kappa shape index (κ2) is 7.78. The quantitative estimate of drug-likeness (QED) is 0.719. The molecule has 2 aromatic heterocycles. The van der Waals surface area contributed by atoms with Gasteiger partial charge in [-0.1, -0.05) is 37.3 Å². The number of likely N-dealkylation sites (N-methyl/N-ethyl adjacent to an activating group) is 1. The zero-order chi connectivity index (χ0) is 20.4. The standard InChI is InChI=1S/C20H20N6O3/c1-12-10-14(20(28)26(2)17-16(12)21-8-9-22-17)23-18(27)19-25-24-15(29-19)11-13-6-4-3-5-7-13/h3-9,12,14H,10-11H2,1-2H3,(H,23,27)/t12-,14+/m0/s1. The summed E-state index contributed by atoms with van der Waals surface area (Å²) in [6.45, 7) is 1.95. The van der Waals surface area contributed by atoms with Crippen LogP contribution < -0.4 is 10.2 Å². The molecule has 9 heteroatoms. The zero-order valence-corrected chi connectivity index (χ0v) is 16.1. The zero-order valence-electron chi connectivity index (χ0n) is 16.1. The first-order chi connectivity index (χ1) is 14.0. The van der Waals surface area contributed by atoms with Crippen LogP contribution in [-0.2, 0) is 11.2 Å². The summed E-state index contributed by atoms with van der Waals surface area (Å²) in [6, 6.07) is 8.87. The molecule has 29 heavy (non-hydrogen) atoms. The van der Waals surface area contributed by atoms with Gasteiger partial charge in [0.1, 0.15) is 6.04 Å². The van der Waals surface area contributed by atoms with Crippen LogP contribution in [0.1, 0.15) is 47.1 Å². The maximum atomic E-state index is 12.8. The van der Waals surface area contributed by atoms with Crippen molar-refractivity contribution in [3.63, 3.8) is 0 Å². The molecule has 2 amide bonds. The van der Waals surface area contributed by atoms with Gasteiger partial charge in [-0.05, 0) is 12.0 Å². The molecule has 1 aliphatic heterocycles. The Labute approximate surface area is 167 Å². The van der Waals surface area contributed by atoms with E-state index in [9.17, 15) is 9.59 Å². The Balaban J connectivity index is 1.48. The van der Waals surface area contributed by atoms with Gasteiger partial charge in [0.2, 0.25) is 5.89 Å². The number of rotatable bonds is 4. The third kappa shape index (κ3) is 3.84. The van der Waals surface area contributed by atoms with Gasteiger partial charge in [0, 0.05) is 25.4 Å². The molecule has 0 spiro atoms. The van der Waals surface area contributed by atoms with Crippen molar-refractivity contribution >= 4 is 17.6 Å². The van der Waals surface area contributed by atoms with E-state index in [-0.39, 0.29) is 17.7 Å². The summed E-state index contributed by atoms with van der Waals surface area (Å²) >= 11 is 0. The van der Waals surface area contributed by atoms with E-state index in [2.05, 4.69) is 25.5 Å². The van der Waals surface area contributed by atoms with Gasteiger partial charge in [0.15, 0.2) is 5.82 Å². The van der Waals surface area contributed by atoms with Crippen molar-refractivity contribution in [1.29, 1.82) is 0 Å². The molecule has 148 valence electrons. The molecule has 0 saturated heterocycles. The first-order valence-corrected chi connectivity index (χ1v) is 9.28. The minimum Gasteiger partial charge on any atom is -0.417 e. The summed E-state index contributed by atoms with van der Waals surface area (Å²) in [7, 11) is 1.62. The number of fused-ring (bicyclic) bond motifs is 1. The van der Waals surface area contributed by atoms with Crippen LogP contribution in [0, 0.1) is 0 Å². The van der Waals surface area contributed by atoms with Crippen LogP contribution in [0.3, 0.4) is 0 Å². The predicted octanol–water partition coefficient (Wildman–Crippen LogP) is 1.72. The third-order valence-electron chi connectivity index (χ3n) is 4.87. The minimum absolute atomic E-state index is 0.0609. The molecule has 0 fully saturated rings. The summed E-state index contributed by atoms with van der Waals surface area (Å²) < 4.78 is 5.49. The Morgan fingerprint density at radius 3 is 2.76 bits per heavy atom. The van der Waals surface area contributed by atoms with E-state index in [1.165, 1.54) is 4.90 Å². The fourth-order valence-corrected chi connectivity index (χ4v) is 3.38. The number of amides is 2.